The summed E-state index contributed by atoms with van der Waals surface area (Å²) in [6.45, 7) is 0. The summed E-state index contributed by atoms with van der Waals surface area (Å²) < 4.78 is 1.69. The summed E-state index contributed by atoms with van der Waals surface area (Å²) in [5.41, 5.74) is 0.664. The van der Waals surface area contributed by atoms with E-state index in [1.54, 1.807) is 23.0 Å². The van der Waals surface area contributed by atoms with E-state index >= 15 is 0 Å². The fourth-order valence-corrected chi connectivity index (χ4v) is 0.987. The van der Waals surface area contributed by atoms with Crippen LogP contribution in [-0.4, -0.2) is 15.4 Å². The molecule has 1 amide bonds. The Morgan fingerprint density at radius 2 is 2.60 bits per heavy atom. The van der Waals surface area contributed by atoms with E-state index in [4.69, 9.17) is 0 Å². The second-order valence-corrected chi connectivity index (χ2v) is 2.54. The van der Waals surface area contributed by atoms with Crippen molar-refractivity contribution < 1.29 is 24.1 Å². The van der Waals surface area contributed by atoms with Gasteiger partial charge < -0.3 is 0 Å². The number of amides is 1. The zero-order chi connectivity index (χ0) is 7.40. The van der Waals surface area contributed by atoms with Crippen LogP contribution in [0.25, 0.3) is 0 Å². The fraction of sp³-hybridized carbons (Fsp3) is 0. The predicted octanol–water partition coefficient (Wildman–Crippen LogP) is 0.0510. The van der Waals surface area contributed by atoms with E-state index < -0.39 is 0 Å². The molecule has 1 rings (SSSR count). The van der Waals surface area contributed by atoms with Crippen molar-refractivity contribution in [2.24, 2.45) is 0 Å². The molecule has 1 aromatic heterocycles. The SMILES string of the molecule is O=C(N[CH]=[W])c1cc[nH]c1. The molecule has 0 aliphatic rings. The topological polar surface area (TPSA) is 44.9 Å². The van der Waals surface area contributed by atoms with Gasteiger partial charge >= 0.3 is 68.9 Å². The van der Waals surface area contributed by atoms with Crippen molar-refractivity contribution in [1.29, 1.82) is 0 Å². The van der Waals surface area contributed by atoms with E-state index in [2.05, 4.69) is 10.3 Å². The van der Waals surface area contributed by atoms with E-state index in [1.165, 1.54) is 19.4 Å². The maximum absolute atomic E-state index is 11.0. The first kappa shape index (κ1) is 7.42. The summed E-state index contributed by atoms with van der Waals surface area (Å²) in [6, 6.07) is 1.73. The molecule has 3 nitrogen and oxygen atoms in total. The van der Waals surface area contributed by atoms with Crippen molar-refractivity contribution in [3.8, 4) is 0 Å². The maximum atomic E-state index is 11.0. The van der Waals surface area contributed by atoms with Crippen molar-refractivity contribution in [2.75, 3.05) is 0 Å². The molecule has 0 fully saturated rings. The Bertz CT molecular complexity index is 230. The average molecular weight is 306 g/mol. The van der Waals surface area contributed by atoms with E-state index in [-0.39, 0.29) is 5.91 Å². The summed E-state index contributed by atoms with van der Waals surface area (Å²) in [5, 5.41) is 2.60. The zero-order valence-electron chi connectivity index (χ0n) is 5.13. The molecular formula is C6H6N2OW. The summed E-state index contributed by atoms with van der Waals surface area (Å²) >= 11 is 1.24. The minimum atomic E-state index is -0.0590. The molecule has 0 saturated carbocycles. The fourth-order valence-electron chi connectivity index (χ4n) is 0.602. The third-order valence-corrected chi connectivity index (χ3v) is 1.47. The van der Waals surface area contributed by atoms with Gasteiger partial charge in [-0.25, -0.2) is 0 Å². The number of hydrogen-bond donors (Lipinski definition) is 2. The predicted molar refractivity (Wildman–Crippen MR) is 34.3 cm³/mol. The van der Waals surface area contributed by atoms with Crippen molar-refractivity contribution in [1.82, 2.24) is 10.3 Å². The third-order valence-electron chi connectivity index (χ3n) is 1.05. The van der Waals surface area contributed by atoms with Crippen LogP contribution in [0.4, 0.5) is 0 Å². The molecule has 52 valence electrons. The van der Waals surface area contributed by atoms with Crippen LogP contribution >= 0.6 is 0 Å². The van der Waals surface area contributed by atoms with Gasteiger partial charge in [0, 0.05) is 0 Å². The molecule has 4 heteroatoms. The van der Waals surface area contributed by atoms with Gasteiger partial charge in [0.2, 0.25) is 0 Å². The van der Waals surface area contributed by atoms with Crippen molar-refractivity contribution in [2.45, 2.75) is 0 Å². The Kier molecular flexibility index (Phi) is 2.57. The van der Waals surface area contributed by atoms with Crippen molar-refractivity contribution in [3.63, 3.8) is 0 Å². The summed E-state index contributed by atoms with van der Waals surface area (Å²) in [4.78, 5) is 13.8. The number of rotatable bonds is 2. The second kappa shape index (κ2) is 3.47. The van der Waals surface area contributed by atoms with Crippen LogP contribution in [0.5, 0.6) is 0 Å². The number of carbonyl (C=O) groups excluding carboxylic acids is 1. The Hall–Kier alpha value is -0.692. The van der Waals surface area contributed by atoms with Crippen LogP contribution in [0.1, 0.15) is 10.4 Å². The Labute approximate surface area is 69.2 Å². The standard InChI is InChI=1S/C6H6N2O.W/c1-7-6(9)5-2-3-8-4-5;/h1-4,8H,(H,7,9);. The van der Waals surface area contributed by atoms with E-state index in [0.717, 1.165) is 0 Å². The normalized spacial score (nSPS) is 8.80. The summed E-state index contributed by atoms with van der Waals surface area (Å²) in [7, 11) is 0. The number of hydrogen-bond acceptors (Lipinski definition) is 1. The number of nitrogens with one attached hydrogen (secondary N) is 2. The molecule has 0 radical (unpaired) electrons. The van der Waals surface area contributed by atoms with Crippen molar-refractivity contribution >= 4 is 10.4 Å². The quantitative estimate of drug-likeness (QED) is 0.797. The first-order chi connectivity index (χ1) is 4.84. The molecule has 0 aromatic carbocycles. The Morgan fingerprint density at radius 1 is 1.80 bits per heavy atom. The van der Waals surface area contributed by atoms with Gasteiger partial charge in [-0.2, -0.15) is 0 Å². The molecule has 1 aromatic rings. The second-order valence-electron chi connectivity index (χ2n) is 1.69. The molecule has 0 atom stereocenters. The van der Waals surface area contributed by atoms with Crippen LogP contribution in [0.15, 0.2) is 18.5 Å². The van der Waals surface area contributed by atoms with E-state index in [1.807, 2.05) is 0 Å². The molecule has 0 spiro atoms. The molecule has 0 aliphatic heterocycles. The van der Waals surface area contributed by atoms with Gasteiger partial charge in [-0.1, -0.05) is 0 Å². The van der Waals surface area contributed by atoms with Gasteiger partial charge in [0.1, 0.15) is 0 Å². The number of H-pyrrole nitrogens is 1. The number of aromatic nitrogens is 1. The van der Waals surface area contributed by atoms with Crippen LogP contribution in [0.3, 0.4) is 0 Å². The Balaban J connectivity index is 2.68. The van der Waals surface area contributed by atoms with Crippen LogP contribution in [0, 0.1) is 0 Å². The van der Waals surface area contributed by atoms with E-state index in [0.29, 0.717) is 5.56 Å². The zero-order valence-corrected chi connectivity index (χ0v) is 8.06. The first-order valence-corrected chi connectivity index (χ1v) is 4.41. The number of aromatic amines is 1. The molecule has 0 aliphatic carbocycles. The van der Waals surface area contributed by atoms with Gasteiger partial charge in [-0.15, -0.1) is 0 Å². The van der Waals surface area contributed by atoms with Gasteiger partial charge in [-0.3, -0.25) is 0 Å². The summed E-state index contributed by atoms with van der Waals surface area (Å²) in [6.07, 6.45) is 3.38. The molecule has 10 heavy (non-hydrogen) atoms. The van der Waals surface area contributed by atoms with Gasteiger partial charge in [0.05, 0.1) is 0 Å². The Morgan fingerprint density at radius 3 is 3.10 bits per heavy atom. The molecule has 2 N–H and O–H groups in total. The number of carbonyl (C=O) groups is 1. The molecule has 1 heterocycles. The molecule has 0 unspecified atom stereocenters. The van der Waals surface area contributed by atoms with Crippen LogP contribution < -0.4 is 5.32 Å². The minimum absolute atomic E-state index is 0.0590. The molecule has 0 bridgehead atoms. The van der Waals surface area contributed by atoms with Gasteiger partial charge in [-0.05, 0) is 0 Å². The van der Waals surface area contributed by atoms with Crippen molar-refractivity contribution in [3.05, 3.63) is 24.0 Å². The van der Waals surface area contributed by atoms with Gasteiger partial charge in [0.25, 0.3) is 0 Å². The average Bonchev–Trinajstić information content (AvgIpc) is 2.38. The summed E-state index contributed by atoms with van der Waals surface area (Å²) in [5.74, 6) is -0.0590. The first-order valence-electron chi connectivity index (χ1n) is 2.72. The van der Waals surface area contributed by atoms with Crippen LogP contribution in [0.2, 0.25) is 0 Å². The molecular weight excluding hydrogens is 300 g/mol. The van der Waals surface area contributed by atoms with E-state index in [9.17, 15) is 4.79 Å². The van der Waals surface area contributed by atoms with Crippen LogP contribution in [-0.2, 0) is 19.4 Å². The monoisotopic (exact) mass is 306 g/mol. The molecule has 0 saturated heterocycles. The third kappa shape index (κ3) is 1.64. The van der Waals surface area contributed by atoms with Gasteiger partial charge in [0.15, 0.2) is 0 Å².